The summed E-state index contributed by atoms with van der Waals surface area (Å²) >= 11 is 6.98. The molecule has 0 radical (unpaired) electrons. The van der Waals surface area contributed by atoms with Crippen LogP contribution in [0.25, 0.3) is 0 Å². The van der Waals surface area contributed by atoms with Crippen LogP contribution in [0.5, 0.6) is 0 Å². The smallest absolute Gasteiger partial charge is 0.325 e. The number of nitrogens with zero attached hydrogens (tertiary/aromatic N) is 3. The van der Waals surface area contributed by atoms with Crippen LogP contribution < -0.4 is 10.6 Å². The number of aromatic nitrogens is 2. The van der Waals surface area contributed by atoms with Crippen molar-refractivity contribution in [1.82, 2.24) is 20.4 Å². The molecule has 1 aromatic heterocycles. The Balaban J connectivity index is 1.62. The molecule has 3 rings (SSSR count). The summed E-state index contributed by atoms with van der Waals surface area (Å²) in [5.74, 6) is -0.874. The molecule has 1 fully saturated rings. The summed E-state index contributed by atoms with van der Waals surface area (Å²) < 4.78 is 4.81. The number of halogens is 1. The van der Waals surface area contributed by atoms with E-state index in [-0.39, 0.29) is 36.1 Å². The zero-order valence-electron chi connectivity index (χ0n) is 15.7. The summed E-state index contributed by atoms with van der Waals surface area (Å²) in [6.07, 6.45) is 1.50. The predicted octanol–water partition coefficient (Wildman–Crippen LogP) is 2.85. The summed E-state index contributed by atoms with van der Waals surface area (Å²) in [7, 11) is 0. The molecular formula is C18H20ClN5O4S. The molecule has 0 unspecified atom stereocenters. The third-order valence-corrected chi connectivity index (χ3v) is 5.50. The van der Waals surface area contributed by atoms with Gasteiger partial charge in [0.25, 0.3) is 5.91 Å². The van der Waals surface area contributed by atoms with Crippen molar-refractivity contribution in [3.05, 3.63) is 39.3 Å². The fraction of sp³-hybridized carbons (Fsp3) is 0.389. The lowest BCUT2D eigenvalue weighted by molar-refractivity contribution is -0.141. The number of amides is 3. The van der Waals surface area contributed by atoms with Crippen molar-refractivity contribution in [3.8, 4) is 0 Å². The highest BCUT2D eigenvalue weighted by atomic mass is 35.5. The quantitative estimate of drug-likeness (QED) is 0.672. The van der Waals surface area contributed by atoms with Crippen molar-refractivity contribution in [3.63, 3.8) is 0 Å². The molecule has 154 valence electrons. The first-order chi connectivity index (χ1) is 14.0. The Kier molecular flexibility index (Phi) is 6.99. The predicted molar refractivity (Wildman–Crippen MR) is 108 cm³/mol. The lowest BCUT2D eigenvalue weighted by Crippen LogP contribution is -2.42. The number of benzene rings is 1. The standard InChI is InChI=1S/C18H20ClN5O4S/c1-2-28-14(25)10-20-18(27)24-9-3-4-13(24)16-22-23-17(29-16)15(26)21-12-7-5-11(19)6-8-12/h5-8,13H,2-4,9-10H2,1H3,(H,20,27)(H,21,26)/t13-/m0/s1. The van der Waals surface area contributed by atoms with Gasteiger partial charge in [-0.1, -0.05) is 22.9 Å². The molecule has 3 amide bonds. The number of likely N-dealkylation sites (tertiary alicyclic amines) is 1. The van der Waals surface area contributed by atoms with Crippen LogP contribution in [0, 0.1) is 0 Å². The van der Waals surface area contributed by atoms with Crippen LogP contribution in [0.2, 0.25) is 5.02 Å². The summed E-state index contributed by atoms with van der Waals surface area (Å²) in [4.78, 5) is 37.9. The number of rotatable bonds is 6. The van der Waals surface area contributed by atoms with E-state index in [0.29, 0.717) is 28.7 Å². The highest BCUT2D eigenvalue weighted by molar-refractivity contribution is 7.13. The van der Waals surface area contributed by atoms with Crippen LogP contribution in [0.1, 0.15) is 40.6 Å². The van der Waals surface area contributed by atoms with Gasteiger partial charge < -0.3 is 20.3 Å². The number of hydrogen-bond donors (Lipinski definition) is 2. The first-order valence-corrected chi connectivity index (χ1v) is 10.3. The van der Waals surface area contributed by atoms with E-state index in [1.807, 2.05) is 0 Å². The van der Waals surface area contributed by atoms with Gasteiger partial charge in [-0.2, -0.15) is 0 Å². The molecule has 1 aliphatic heterocycles. The normalized spacial score (nSPS) is 15.8. The zero-order chi connectivity index (χ0) is 20.8. The number of nitrogens with one attached hydrogen (secondary N) is 2. The van der Waals surface area contributed by atoms with Gasteiger partial charge in [-0.15, -0.1) is 10.2 Å². The second-order valence-electron chi connectivity index (χ2n) is 6.22. The fourth-order valence-electron chi connectivity index (χ4n) is 2.91. The lowest BCUT2D eigenvalue weighted by atomic mass is 10.2. The minimum atomic E-state index is -0.492. The SMILES string of the molecule is CCOC(=O)CNC(=O)N1CCC[C@H]1c1nnc(C(=O)Nc2ccc(Cl)cc2)s1. The van der Waals surface area contributed by atoms with Gasteiger partial charge in [0.15, 0.2) is 0 Å². The molecule has 0 spiro atoms. The van der Waals surface area contributed by atoms with E-state index in [1.54, 1.807) is 36.1 Å². The zero-order valence-corrected chi connectivity index (χ0v) is 17.3. The van der Waals surface area contributed by atoms with Crippen molar-refractivity contribution in [1.29, 1.82) is 0 Å². The number of carbonyl (C=O) groups is 3. The maximum Gasteiger partial charge on any atom is 0.325 e. The van der Waals surface area contributed by atoms with E-state index < -0.39 is 5.97 Å². The highest BCUT2D eigenvalue weighted by Gasteiger charge is 2.33. The van der Waals surface area contributed by atoms with Crippen LogP contribution in [-0.4, -0.2) is 52.7 Å². The molecule has 0 saturated carbocycles. The molecule has 2 heterocycles. The van der Waals surface area contributed by atoms with E-state index in [0.717, 1.165) is 17.8 Å². The molecule has 29 heavy (non-hydrogen) atoms. The van der Waals surface area contributed by atoms with Gasteiger partial charge in [0.1, 0.15) is 11.6 Å². The lowest BCUT2D eigenvalue weighted by Gasteiger charge is -2.22. The Morgan fingerprint density at radius 2 is 2.03 bits per heavy atom. The minimum absolute atomic E-state index is 0.194. The number of esters is 1. The van der Waals surface area contributed by atoms with Gasteiger partial charge in [0.2, 0.25) is 5.01 Å². The van der Waals surface area contributed by atoms with Crippen LogP contribution in [0.15, 0.2) is 24.3 Å². The summed E-state index contributed by atoms with van der Waals surface area (Å²) in [5, 5.41) is 14.7. The van der Waals surface area contributed by atoms with Gasteiger partial charge in [-0.05, 0) is 44.0 Å². The summed E-state index contributed by atoms with van der Waals surface area (Å²) in [6, 6.07) is 6.07. The highest BCUT2D eigenvalue weighted by Crippen LogP contribution is 2.33. The van der Waals surface area contributed by atoms with Crippen LogP contribution >= 0.6 is 22.9 Å². The van der Waals surface area contributed by atoms with Crippen molar-refractivity contribution >= 4 is 46.5 Å². The monoisotopic (exact) mass is 437 g/mol. The van der Waals surface area contributed by atoms with Gasteiger partial charge in [-0.3, -0.25) is 9.59 Å². The molecule has 2 N–H and O–H groups in total. The maximum absolute atomic E-state index is 12.4. The molecule has 9 nitrogen and oxygen atoms in total. The molecule has 2 aromatic rings. The second-order valence-corrected chi connectivity index (χ2v) is 7.67. The Bertz CT molecular complexity index is 889. The molecule has 1 aliphatic rings. The number of hydrogen-bond acceptors (Lipinski definition) is 7. The van der Waals surface area contributed by atoms with Gasteiger partial charge in [0.05, 0.1) is 12.6 Å². The van der Waals surface area contributed by atoms with Gasteiger partial charge in [0, 0.05) is 17.3 Å². The van der Waals surface area contributed by atoms with Crippen LogP contribution in [-0.2, 0) is 9.53 Å². The average Bonchev–Trinajstić information content (AvgIpc) is 3.37. The number of anilines is 1. The second kappa shape index (κ2) is 9.66. The Hall–Kier alpha value is -2.72. The summed E-state index contributed by atoms with van der Waals surface area (Å²) in [6.45, 7) is 2.30. The Labute approximate surface area is 176 Å². The largest absolute Gasteiger partial charge is 0.465 e. The summed E-state index contributed by atoms with van der Waals surface area (Å²) in [5.41, 5.74) is 0.594. The van der Waals surface area contributed by atoms with E-state index in [4.69, 9.17) is 16.3 Å². The molecule has 0 bridgehead atoms. The van der Waals surface area contributed by atoms with Gasteiger partial charge >= 0.3 is 12.0 Å². The molecule has 1 saturated heterocycles. The fourth-order valence-corrected chi connectivity index (χ4v) is 3.92. The topological polar surface area (TPSA) is 114 Å². The molecule has 0 aliphatic carbocycles. The molecule has 1 aromatic carbocycles. The van der Waals surface area contributed by atoms with Crippen LogP contribution in [0.3, 0.4) is 0 Å². The first-order valence-electron chi connectivity index (χ1n) is 9.08. The van der Waals surface area contributed by atoms with Gasteiger partial charge in [-0.25, -0.2) is 4.79 Å². The third kappa shape index (κ3) is 5.42. The average molecular weight is 438 g/mol. The Morgan fingerprint density at radius 3 is 2.76 bits per heavy atom. The van der Waals surface area contributed by atoms with Crippen molar-refractivity contribution < 1.29 is 19.1 Å². The van der Waals surface area contributed by atoms with Crippen molar-refractivity contribution in [2.75, 3.05) is 25.0 Å². The number of urea groups is 1. The molecule has 11 heteroatoms. The Morgan fingerprint density at radius 1 is 1.28 bits per heavy atom. The first kappa shape index (κ1) is 21.0. The van der Waals surface area contributed by atoms with E-state index in [1.165, 1.54) is 0 Å². The third-order valence-electron chi connectivity index (χ3n) is 4.22. The number of ether oxygens (including phenoxy) is 1. The minimum Gasteiger partial charge on any atom is -0.465 e. The van der Waals surface area contributed by atoms with Crippen LogP contribution in [0.4, 0.5) is 10.5 Å². The molecular weight excluding hydrogens is 418 g/mol. The van der Waals surface area contributed by atoms with E-state index in [9.17, 15) is 14.4 Å². The maximum atomic E-state index is 12.4. The molecule has 1 atom stereocenters. The van der Waals surface area contributed by atoms with E-state index in [2.05, 4.69) is 20.8 Å². The van der Waals surface area contributed by atoms with Crippen molar-refractivity contribution in [2.45, 2.75) is 25.8 Å². The van der Waals surface area contributed by atoms with Crippen molar-refractivity contribution in [2.24, 2.45) is 0 Å². The number of carbonyl (C=O) groups excluding carboxylic acids is 3. The van der Waals surface area contributed by atoms with E-state index >= 15 is 0 Å².